The summed E-state index contributed by atoms with van der Waals surface area (Å²) in [6.45, 7) is 2.17. The lowest BCUT2D eigenvalue weighted by Crippen LogP contribution is -2.50. The first-order chi connectivity index (χ1) is 12.4. The second kappa shape index (κ2) is 6.60. The van der Waals surface area contributed by atoms with E-state index >= 15 is 0 Å². The quantitative estimate of drug-likeness (QED) is 0.829. The lowest BCUT2D eigenvalue weighted by molar-refractivity contribution is 0.121. The van der Waals surface area contributed by atoms with Crippen LogP contribution in [0.3, 0.4) is 0 Å². The van der Waals surface area contributed by atoms with Crippen molar-refractivity contribution in [1.29, 1.82) is 0 Å². The molecule has 2 saturated heterocycles. The molecule has 1 aromatic rings. The molecule has 3 aliphatic heterocycles. The molecule has 1 N–H and O–H groups in total. The lowest BCUT2D eigenvalue weighted by atomic mass is 9.80. The van der Waals surface area contributed by atoms with Gasteiger partial charge in [0.05, 0.1) is 18.1 Å². The Labute approximate surface area is 158 Å². The van der Waals surface area contributed by atoms with E-state index in [4.69, 9.17) is 16.3 Å². The third-order valence-corrected chi connectivity index (χ3v) is 7.77. The predicted molar refractivity (Wildman–Crippen MR) is 99.4 cm³/mol. The van der Waals surface area contributed by atoms with E-state index in [0.717, 1.165) is 36.1 Å². The monoisotopic (exact) mass is 398 g/mol. The van der Waals surface area contributed by atoms with E-state index in [1.165, 1.54) is 0 Å². The van der Waals surface area contributed by atoms with Gasteiger partial charge in [-0.05, 0) is 37.0 Å². The van der Waals surface area contributed by atoms with Gasteiger partial charge in [0.2, 0.25) is 0 Å². The lowest BCUT2D eigenvalue weighted by Gasteiger charge is -2.39. The van der Waals surface area contributed by atoms with Gasteiger partial charge in [-0.1, -0.05) is 11.6 Å². The van der Waals surface area contributed by atoms with Crippen LogP contribution in [0.15, 0.2) is 12.1 Å². The summed E-state index contributed by atoms with van der Waals surface area (Å²) in [6, 6.07) is 3.58. The van der Waals surface area contributed by atoms with Crippen LogP contribution in [-0.4, -0.2) is 50.6 Å². The predicted octanol–water partition coefficient (Wildman–Crippen LogP) is 2.39. The van der Waals surface area contributed by atoms with Crippen LogP contribution in [0.1, 0.15) is 30.4 Å². The molecule has 0 aliphatic carbocycles. The number of fused-ring (bicyclic) bond motifs is 1. The van der Waals surface area contributed by atoms with Crippen LogP contribution in [0.2, 0.25) is 5.02 Å². The maximum absolute atomic E-state index is 12.6. The molecule has 8 heteroatoms. The van der Waals surface area contributed by atoms with Crippen LogP contribution >= 0.6 is 11.6 Å². The van der Waals surface area contributed by atoms with Crippen molar-refractivity contribution in [2.75, 3.05) is 31.2 Å². The third kappa shape index (κ3) is 3.51. The number of hydrogen-bond acceptors (Lipinski definition) is 4. The zero-order chi connectivity index (χ0) is 18.4. The minimum absolute atomic E-state index is 0.153. The number of sulfone groups is 1. The van der Waals surface area contributed by atoms with E-state index in [1.807, 2.05) is 12.1 Å². The largest absolute Gasteiger partial charge is 0.493 e. The SMILES string of the molecule is O=C(NCc1cc(Cl)cc2c1OCC2)N1CCC[C@@]2(CCS(=O)(=O)C2)C1. The Morgan fingerprint density at radius 2 is 2.19 bits per heavy atom. The first kappa shape index (κ1) is 17.9. The van der Waals surface area contributed by atoms with Crippen LogP contribution in [0, 0.1) is 5.41 Å². The molecule has 2 amide bonds. The number of carbonyl (C=O) groups is 1. The average molecular weight is 399 g/mol. The first-order valence-corrected chi connectivity index (χ1v) is 11.2. The molecule has 1 atom stereocenters. The van der Waals surface area contributed by atoms with Crippen LogP contribution in [0.4, 0.5) is 4.79 Å². The number of piperidine rings is 1. The number of halogens is 1. The number of hydrogen-bond donors (Lipinski definition) is 1. The molecule has 3 heterocycles. The molecule has 4 rings (SSSR count). The Morgan fingerprint density at radius 1 is 1.35 bits per heavy atom. The Hall–Kier alpha value is -1.47. The molecule has 0 aromatic heterocycles. The molecule has 26 heavy (non-hydrogen) atoms. The van der Waals surface area contributed by atoms with Gasteiger partial charge in [-0.2, -0.15) is 0 Å². The van der Waals surface area contributed by atoms with Gasteiger partial charge in [0, 0.05) is 42.1 Å². The molecule has 1 aromatic carbocycles. The summed E-state index contributed by atoms with van der Waals surface area (Å²) in [5.74, 6) is 1.28. The molecule has 0 radical (unpaired) electrons. The zero-order valence-electron chi connectivity index (χ0n) is 14.6. The Morgan fingerprint density at radius 3 is 2.96 bits per heavy atom. The molecule has 142 valence electrons. The minimum atomic E-state index is -2.96. The van der Waals surface area contributed by atoms with Crippen molar-refractivity contribution in [3.05, 3.63) is 28.3 Å². The van der Waals surface area contributed by atoms with Crippen LogP contribution < -0.4 is 10.1 Å². The number of nitrogens with one attached hydrogen (secondary N) is 1. The number of ether oxygens (including phenoxy) is 1. The van der Waals surface area contributed by atoms with Crippen LogP contribution in [0.25, 0.3) is 0 Å². The Balaban J connectivity index is 1.41. The molecule has 1 spiro atoms. The van der Waals surface area contributed by atoms with Gasteiger partial charge in [-0.15, -0.1) is 0 Å². The number of benzene rings is 1. The summed E-state index contributed by atoms with van der Waals surface area (Å²) < 4.78 is 29.4. The van der Waals surface area contributed by atoms with Gasteiger partial charge in [0.1, 0.15) is 5.75 Å². The van der Waals surface area contributed by atoms with Gasteiger partial charge in [0.25, 0.3) is 0 Å². The van der Waals surface area contributed by atoms with Crippen molar-refractivity contribution in [1.82, 2.24) is 10.2 Å². The molecular weight excluding hydrogens is 376 g/mol. The van der Waals surface area contributed by atoms with E-state index in [9.17, 15) is 13.2 Å². The number of urea groups is 1. The summed E-state index contributed by atoms with van der Waals surface area (Å²) >= 11 is 6.17. The minimum Gasteiger partial charge on any atom is -0.493 e. The molecule has 0 saturated carbocycles. The topological polar surface area (TPSA) is 75.7 Å². The summed E-state index contributed by atoms with van der Waals surface area (Å²) in [6.07, 6.45) is 3.22. The molecule has 0 bridgehead atoms. The van der Waals surface area contributed by atoms with Crippen molar-refractivity contribution in [3.63, 3.8) is 0 Å². The van der Waals surface area contributed by atoms with Gasteiger partial charge >= 0.3 is 6.03 Å². The smallest absolute Gasteiger partial charge is 0.317 e. The maximum atomic E-state index is 12.6. The number of amides is 2. The van der Waals surface area contributed by atoms with E-state index in [1.54, 1.807) is 4.90 Å². The van der Waals surface area contributed by atoms with E-state index in [0.29, 0.717) is 37.7 Å². The molecule has 3 aliphatic rings. The number of likely N-dealkylation sites (tertiary alicyclic amines) is 1. The second-order valence-electron chi connectivity index (χ2n) is 7.68. The fourth-order valence-electron chi connectivity index (χ4n) is 4.45. The summed E-state index contributed by atoms with van der Waals surface area (Å²) in [4.78, 5) is 14.4. The highest BCUT2D eigenvalue weighted by Gasteiger charge is 2.45. The molecule has 2 fully saturated rings. The molecule has 6 nitrogen and oxygen atoms in total. The Bertz CT molecular complexity index is 842. The highest BCUT2D eigenvalue weighted by molar-refractivity contribution is 7.91. The van der Waals surface area contributed by atoms with Crippen molar-refractivity contribution in [3.8, 4) is 5.75 Å². The number of rotatable bonds is 2. The van der Waals surface area contributed by atoms with E-state index in [-0.39, 0.29) is 23.0 Å². The van der Waals surface area contributed by atoms with Gasteiger partial charge in [-0.25, -0.2) is 13.2 Å². The van der Waals surface area contributed by atoms with E-state index in [2.05, 4.69) is 5.32 Å². The van der Waals surface area contributed by atoms with Crippen LogP contribution in [-0.2, 0) is 22.8 Å². The molecular formula is C18H23ClN2O4S. The van der Waals surface area contributed by atoms with Crippen molar-refractivity contribution in [2.45, 2.75) is 32.2 Å². The zero-order valence-corrected chi connectivity index (χ0v) is 16.2. The fourth-order valence-corrected chi connectivity index (χ4v) is 6.91. The highest BCUT2D eigenvalue weighted by atomic mass is 35.5. The average Bonchev–Trinajstić information content (AvgIpc) is 3.16. The van der Waals surface area contributed by atoms with Crippen molar-refractivity contribution in [2.24, 2.45) is 5.41 Å². The fraction of sp³-hybridized carbons (Fsp3) is 0.611. The van der Waals surface area contributed by atoms with Gasteiger partial charge in [0.15, 0.2) is 9.84 Å². The van der Waals surface area contributed by atoms with Crippen LogP contribution in [0.5, 0.6) is 5.75 Å². The van der Waals surface area contributed by atoms with Gasteiger partial charge in [-0.3, -0.25) is 0 Å². The summed E-state index contributed by atoms with van der Waals surface area (Å²) in [5, 5.41) is 3.60. The molecule has 0 unspecified atom stereocenters. The number of nitrogens with zero attached hydrogens (tertiary/aromatic N) is 1. The summed E-state index contributed by atoms with van der Waals surface area (Å²) in [5.41, 5.74) is 1.71. The van der Waals surface area contributed by atoms with Crippen molar-refractivity contribution < 1.29 is 17.9 Å². The standard InChI is InChI=1S/C18H23ClN2O4S/c19-15-8-13-2-6-25-16(13)14(9-15)10-20-17(22)21-5-1-3-18(11-21)4-7-26(23,24)12-18/h8-9H,1-7,10-12H2,(H,20,22)/t18-/m1/s1. The van der Waals surface area contributed by atoms with Crippen molar-refractivity contribution >= 4 is 27.5 Å². The van der Waals surface area contributed by atoms with Gasteiger partial charge < -0.3 is 15.0 Å². The second-order valence-corrected chi connectivity index (χ2v) is 10.3. The normalized spacial score (nSPS) is 26.6. The summed E-state index contributed by atoms with van der Waals surface area (Å²) in [7, 11) is -2.96. The first-order valence-electron chi connectivity index (χ1n) is 9.03. The maximum Gasteiger partial charge on any atom is 0.317 e. The highest BCUT2D eigenvalue weighted by Crippen LogP contribution is 2.40. The third-order valence-electron chi connectivity index (χ3n) is 5.67. The number of carbonyl (C=O) groups excluding carboxylic acids is 1. The van der Waals surface area contributed by atoms with E-state index < -0.39 is 9.84 Å². The Kier molecular flexibility index (Phi) is 4.55.